The van der Waals surface area contributed by atoms with Crippen molar-refractivity contribution in [3.05, 3.63) is 66.0 Å². The summed E-state index contributed by atoms with van der Waals surface area (Å²) in [4.78, 5) is 6.97. The van der Waals surface area contributed by atoms with E-state index in [2.05, 4.69) is 70.0 Å². The highest BCUT2D eigenvalue weighted by Gasteiger charge is 2.23. The van der Waals surface area contributed by atoms with Crippen molar-refractivity contribution in [1.29, 1.82) is 0 Å². The summed E-state index contributed by atoms with van der Waals surface area (Å²) in [6.45, 7) is 2.02. The van der Waals surface area contributed by atoms with Gasteiger partial charge < -0.3 is 4.57 Å². The maximum Gasteiger partial charge on any atom is 0.0958 e. The molecule has 106 valence electrons. The van der Waals surface area contributed by atoms with Gasteiger partial charge in [0.2, 0.25) is 0 Å². The highest BCUT2D eigenvalue weighted by atomic mass is 15.2. The fourth-order valence-corrected chi connectivity index (χ4v) is 3.35. The summed E-state index contributed by atoms with van der Waals surface area (Å²) in [5.41, 5.74) is 5.23. The van der Waals surface area contributed by atoms with Gasteiger partial charge >= 0.3 is 0 Å². The molecule has 0 amide bonds. The van der Waals surface area contributed by atoms with E-state index < -0.39 is 0 Å². The van der Waals surface area contributed by atoms with E-state index in [-0.39, 0.29) is 0 Å². The third-order valence-corrected chi connectivity index (χ3v) is 4.48. The molecule has 4 rings (SSSR count). The molecule has 0 bridgehead atoms. The standard InChI is InChI=1S/C18H19N3/c1-20(11-14-6-3-2-4-7-14)16-10-15-8-5-9-17-18(15)21(12-16)13-19-17/h2-9,13,16H,10-12H2,1H3/t16-/m0/s1. The quantitative estimate of drug-likeness (QED) is 0.733. The predicted octanol–water partition coefficient (Wildman–Crippen LogP) is 3.09. The monoisotopic (exact) mass is 277 g/mol. The lowest BCUT2D eigenvalue weighted by Crippen LogP contribution is -2.38. The van der Waals surface area contributed by atoms with Crippen molar-refractivity contribution in [3.63, 3.8) is 0 Å². The molecule has 0 unspecified atom stereocenters. The number of para-hydroxylation sites is 1. The first-order valence-corrected chi connectivity index (χ1v) is 7.48. The third-order valence-electron chi connectivity index (χ3n) is 4.48. The SMILES string of the molecule is CN(Cc1ccccc1)[C@H]1Cc2cccc3ncn(c23)C1. The van der Waals surface area contributed by atoms with Gasteiger partial charge in [0, 0.05) is 19.1 Å². The summed E-state index contributed by atoms with van der Waals surface area (Å²) < 4.78 is 2.31. The molecule has 21 heavy (non-hydrogen) atoms. The first-order valence-electron chi connectivity index (χ1n) is 7.48. The van der Waals surface area contributed by atoms with E-state index in [1.807, 2.05) is 6.33 Å². The van der Waals surface area contributed by atoms with Gasteiger partial charge in [0.05, 0.1) is 17.4 Å². The van der Waals surface area contributed by atoms with Gasteiger partial charge in [-0.25, -0.2) is 4.98 Å². The van der Waals surface area contributed by atoms with Gasteiger partial charge in [0.25, 0.3) is 0 Å². The average Bonchev–Trinajstić information content (AvgIpc) is 2.93. The molecular weight excluding hydrogens is 258 g/mol. The van der Waals surface area contributed by atoms with Gasteiger partial charge in [-0.1, -0.05) is 42.5 Å². The van der Waals surface area contributed by atoms with Crippen molar-refractivity contribution in [2.45, 2.75) is 25.6 Å². The molecule has 2 heterocycles. The number of hydrogen-bond donors (Lipinski definition) is 0. The zero-order valence-electron chi connectivity index (χ0n) is 12.2. The van der Waals surface area contributed by atoms with Crippen LogP contribution in [0.25, 0.3) is 11.0 Å². The summed E-state index contributed by atoms with van der Waals surface area (Å²) in [5, 5.41) is 0. The fraction of sp³-hybridized carbons (Fsp3) is 0.278. The molecule has 3 nitrogen and oxygen atoms in total. The van der Waals surface area contributed by atoms with Crippen LogP contribution in [0.15, 0.2) is 54.9 Å². The topological polar surface area (TPSA) is 21.1 Å². The minimum atomic E-state index is 0.525. The fourth-order valence-electron chi connectivity index (χ4n) is 3.35. The molecule has 0 radical (unpaired) electrons. The van der Waals surface area contributed by atoms with Gasteiger partial charge in [0.1, 0.15) is 0 Å². The minimum Gasteiger partial charge on any atom is -0.329 e. The van der Waals surface area contributed by atoms with Crippen LogP contribution >= 0.6 is 0 Å². The summed E-state index contributed by atoms with van der Waals surface area (Å²) in [6, 6.07) is 17.7. The van der Waals surface area contributed by atoms with Crippen LogP contribution in [-0.4, -0.2) is 27.5 Å². The number of likely N-dealkylation sites (N-methyl/N-ethyl adjacent to an activating group) is 1. The molecule has 3 aromatic rings. The Hall–Kier alpha value is -2.13. The van der Waals surface area contributed by atoms with Crippen molar-refractivity contribution < 1.29 is 0 Å². The first kappa shape index (κ1) is 12.6. The zero-order chi connectivity index (χ0) is 14.2. The van der Waals surface area contributed by atoms with Gasteiger partial charge in [-0.05, 0) is 30.7 Å². The molecule has 1 aromatic heterocycles. The number of imidazole rings is 1. The van der Waals surface area contributed by atoms with E-state index in [0.717, 1.165) is 25.0 Å². The molecule has 0 saturated heterocycles. The molecule has 1 aliphatic rings. The second-order valence-corrected chi connectivity index (χ2v) is 5.94. The Labute approximate surface area is 124 Å². The summed E-state index contributed by atoms with van der Waals surface area (Å²) in [5.74, 6) is 0. The molecule has 0 fully saturated rings. The average molecular weight is 277 g/mol. The van der Waals surface area contributed by atoms with Gasteiger partial charge in [-0.3, -0.25) is 4.90 Å². The Kier molecular flexibility index (Phi) is 3.00. The maximum absolute atomic E-state index is 4.51. The van der Waals surface area contributed by atoms with Crippen LogP contribution < -0.4 is 0 Å². The number of rotatable bonds is 3. The number of aromatic nitrogens is 2. The molecule has 0 N–H and O–H groups in total. The normalized spacial score (nSPS) is 17.5. The summed E-state index contributed by atoms with van der Waals surface area (Å²) >= 11 is 0. The highest BCUT2D eigenvalue weighted by molar-refractivity contribution is 5.79. The van der Waals surface area contributed by atoms with Crippen LogP contribution in [0.4, 0.5) is 0 Å². The van der Waals surface area contributed by atoms with Crippen LogP contribution in [0.3, 0.4) is 0 Å². The maximum atomic E-state index is 4.51. The van der Waals surface area contributed by atoms with Gasteiger partial charge in [0.15, 0.2) is 0 Å². The minimum absolute atomic E-state index is 0.525. The molecule has 0 spiro atoms. The van der Waals surface area contributed by atoms with Crippen molar-refractivity contribution in [3.8, 4) is 0 Å². The van der Waals surface area contributed by atoms with E-state index >= 15 is 0 Å². The van der Waals surface area contributed by atoms with E-state index in [1.54, 1.807) is 0 Å². The predicted molar refractivity (Wildman–Crippen MR) is 85.1 cm³/mol. The molecule has 0 saturated carbocycles. The highest BCUT2D eigenvalue weighted by Crippen LogP contribution is 2.26. The molecule has 3 heteroatoms. The zero-order valence-corrected chi connectivity index (χ0v) is 12.2. The van der Waals surface area contributed by atoms with E-state index in [1.165, 1.54) is 16.6 Å². The number of benzene rings is 2. The van der Waals surface area contributed by atoms with E-state index in [9.17, 15) is 0 Å². The second kappa shape index (κ2) is 5.01. The summed E-state index contributed by atoms with van der Waals surface area (Å²) in [7, 11) is 2.22. The molecule has 2 aromatic carbocycles. The third kappa shape index (κ3) is 2.24. The molecule has 0 aliphatic carbocycles. The number of hydrogen-bond acceptors (Lipinski definition) is 2. The van der Waals surface area contributed by atoms with Crippen LogP contribution in [0.1, 0.15) is 11.1 Å². The first-order chi connectivity index (χ1) is 10.3. The number of nitrogens with zero attached hydrogens (tertiary/aromatic N) is 3. The van der Waals surface area contributed by atoms with E-state index in [0.29, 0.717) is 6.04 Å². The van der Waals surface area contributed by atoms with Gasteiger partial charge in [-0.2, -0.15) is 0 Å². The largest absolute Gasteiger partial charge is 0.329 e. The lowest BCUT2D eigenvalue weighted by molar-refractivity contribution is 0.206. The van der Waals surface area contributed by atoms with Crippen molar-refractivity contribution >= 4 is 11.0 Å². The van der Waals surface area contributed by atoms with E-state index in [4.69, 9.17) is 0 Å². The Balaban J connectivity index is 1.58. The Morgan fingerprint density at radius 2 is 2.00 bits per heavy atom. The lowest BCUT2D eigenvalue weighted by atomic mass is 9.99. The Morgan fingerprint density at radius 1 is 1.14 bits per heavy atom. The Morgan fingerprint density at radius 3 is 2.86 bits per heavy atom. The molecule has 1 atom stereocenters. The molecule has 1 aliphatic heterocycles. The smallest absolute Gasteiger partial charge is 0.0958 e. The van der Waals surface area contributed by atoms with Crippen LogP contribution in [0.5, 0.6) is 0 Å². The van der Waals surface area contributed by atoms with Gasteiger partial charge in [-0.15, -0.1) is 0 Å². The second-order valence-electron chi connectivity index (χ2n) is 5.94. The van der Waals surface area contributed by atoms with Crippen molar-refractivity contribution in [2.75, 3.05) is 7.05 Å². The lowest BCUT2D eigenvalue weighted by Gasteiger charge is -2.32. The summed E-state index contributed by atoms with van der Waals surface area (Å²) in [6.07, 6.45) is 3.09. The van der Waals surface area contributed by atoms with Crippen molar-refractivity contribution in [2.24, 2.45) is 0 Å². The van der Waals surface area contributed by atoms with Crippen LogP contribution in [-0.2, 0) is 19.5 Å². The van der Waals surface area contributed by atoms with Crippen molar-refractivity contribution in [1.82, 2.24) is 14.5 Å². The van der Waals surface area contributed by atoms with Crippen LogP contribution in [0, 0.1) is 0 Å². The Bertz CT molecular complexity index is 760. The van der Waals surface area contributed by atoms with Crippen LogP contribution in [0.2, 0.25) is 0 Å². The molecular formula is C18H19N3.